The highest BCUT2D eigenvalue weighted by Gasteiger charge is 2.24. The molecule has 1 unspecified atom stereocenters. The van der Waals surface area contributed by atoms with Gasteiger partial charge >= 0.3 is 0 Å². The van der Waals surface area contributed by atoms with Crippen molar-refractivity contribution in [2.75, 3.05) is 0 Å². The quantitative estimate of drug-likeness (QED) is 0.697. The van der Waals surface area contributed by atoms with Crippen molar-refractivity contribution in [3.8, 4) is 0 Å². The van der Waals surface area contributed by atoms with E-state index < -0.39 is 0 Å². The van der Waals surface area contributed by atoms with Gasteiger partial charge in [-0.25, -0.2) is 0 Å². The lowest BCUT2D eigenvalue weighted by molar-refractivity contribution is 0.721. The van der Waals surface area contributed by atoms with Gasteiger partial charge in [0.05, 0.1) is 0 Å². The zero-order chi connectivity index (χ0) is 9.26. The first-order chi connectivity index (χ1) is 6.25. The van der Waals surface area contributed by atoms with E-state index in [1.54, 1.807) is 0 Å². The van der Waals surface area contributed by atoms with E-state index in [0.29, 0.717) is 4.83 Å². The maximum Gasteiger partial charge on any atom is 0.0406 e. The van der Waals surface area contributed by atoms with Crippen LogP contribution in [-0.4, -0.2) is 0 Å². The molecule has 1 aliphatic carbocycles. The first kappa shape index (κ1) is 9.54. The van der Waals surface area contributed by atoms with Crippen LogP contribution in [0.3, 0.4) is 0 Å². The minimum Gasteiger partial charge on any atom is -0.0843 e. The molecule has 1 aromatic rings. The van der Waals surface area contributed by atoms with Crippen molar-refractivity contribution in [1.29, 1.82) is 0 Å². The minimum atomic E-state index is 0.511. The summed E-state index contributed by atoms with van der Waals surface area (Å²) in [7, 11) is 0. The molecule has 2 rings (SSSR count). The summed E-state index contributed by atoms with van der Waals surface area (Å²) in [5.41, 5.74) is 1.34. The van der Waals surface area contributed by atoms with E-state index in [0.717, 1.165) is 10.9 Å². The van der Waals surface area contributed by atoms with Crippen LogP contribution in [0, 0.1) is 5.92 Å². The summed E-state index contributed by atoms with van der Waals surface area (Å²) < 4.78 is 0. The summed E-state index contributed by atoms with van der Waals surface area (Å²) in [5, 5.41) is 0.815. The molecule has 1 saturated carbocycles. The lowest BCUT2D eigenvalue weighted by atomic mass is 10.1. The second kappa shape index (κ2) is 4.02. The number of rotatable bonds is 3. The predicted octanol–water partition coefficient (Wildman–Crippen LogP) is 4.58. The Balaban J connectivity index is 2.01. The third kappa shape index (κ3) is 2.72. The van der Waals surface area contributed by atoms with Gasteiger partial charge in [-0.1, -0.05) is 52.5 Å². The number of hydrogen-bond acceptors (Lipinski definition) is 0. The van der Waals surface area contributed by atoms with Gasteiger partial charge in [-0.05, 0) is 30.0 Å². The first-order valence-electron chi connectivity index (χ1n) is 4.65. The van der Waals surface area contributed by atoms with E-state index in [-0.39, 0.29) is 0 Å². The lowest BCUT2D eigenvalue weighted by Crippen LogP contribution is -1.90. The van der Waals surface area contributed by atoms with E-state index in [2.05, 4.69) is 28.1 Å². The summed E-state index contributed by atoms with van der Waals surface area (Å²) in [5.74, 6) is 0.958. The van der Waals surface area contributed by atoms with Gasteiger partial charge in [-0.2, -0.15) is 0 Å². The molecule has 2 heteroatoms. The molecule has 1 fully saturated rings. The summed E-state index contributed by atoms with van der Waals surface area (Å²) in [6, 6.07) is 8.12. The molecule has 0 aliphatic heterocycles. The third-order valence-corrected chi connectivity index (χ3v) is 3.62. The molecule has 0 spiro atoms. The molecule has 0 bridgehead atoms. The second-order valence-electron chi connectivity index (χ2n) is 3.70. The molecule has 0 saturated heterocycles. The number of alkyl halides is 1. The molecule has 0 amide bonds. The highest BCUT2D eigenvalue weighted by Crippen LogP contribution is 2.41. The van der Waals surface area contributed by atoms with Crippen LogP contribution in [0.5, 0.6) is 0 Å². The Morgan fingerprint density at radius 2 is 1.92 bits per heavy atom. The molecule has 0 aromatic heterocycles. The minimum absolute atomic E-state index is 0.511. The van der Waals surface area contributed by atoms with Gasteiger partial charge in [0.2, 0.25) is 0 Å². The fourth-order valence-electron chi connectivity index (χ4n) is 1.45. The standard InChI is InChI=1S/C11H12BrCl/c12-11(7-8-1-2-8)9-3-5-10(13)6-4-9/h3-6,8,11H,1-2,7H2. The average Bonchev–Trinajstić information content (AvgIpc) is 2.89. The fourth-order valence-corrected chi connectivity index (χ4v) is 2.41. The Labute approximate surface area is 92.4 Å². The van der Waals surface area contributed by atoms with Crippen LogP contribution in [-0.2, 0) is 0 Å². The van der Waals surface area contributed by atoms with Crippen LogP contribution in [0.25, 0.3) is 0 Å². The highest BCUT2D eigenvalue weighted by atomic mass is 79.9. The van der Waals surface area contributed by atoms with Gasteiger partial charge in [-0.15, -0.1) is 0 Å². The lowest BCUT2D eigenvalue weighted by Gasteiger charge is -2.08. The van der Waals surface area contributed by atoms with Crippen LogP contribution in [0.1, 0.15) is 29.7 Å². The topological polar surface area (TPSA) is 0 Å². The molecular formula is C11H12BrCl. The van der Waals surface area contributed by atoms with Gasteiger partial charge in [0, 0.05) is 9.85 Å². The molecule has 1 aliphatic rings. The van der Waals surface area contributed by atoms with E-state index in [9.17, 15) is 0 Å². The van der Waals surface area contributed by atoms with Gasteiger partial charge in [0.25, 0.3) is 0 Å². The summed E-state index contributed by atoms with van der Waals surface area (Å²) in [4.78, 5) is 0.511. The van der Waals surface area contributed by atoms with Gasteiger partial charge in [0.15, 0.2) is 0 Å². The average molecular weight is 260 g/mol. The Kier molecular flexibility index (Phi) is 2.95. The van der Waals surface area contributed by atoms with Gasteiger partial charge in [0.1, 0.15) is 0 Å². The van der Waals surface area contributed by atoms with E-state index >= 15 is 0 Å². The Bertz CT molecular complexity index is 277. The van der Waals surface area contributed by atoms with Crippen molar-refractivity contribution < 1.29 is 0 Å². The van der Waals surface area contributed by atoms with Crippen molar-refractivity contribution in [1.82, 2.24) is 0 Å². The second-order valence-corrected chi connectivity index (χ2v) is 5.24. The van der Waals surface area contributed by atoms with Crippen LogP contribution in [0.4, 0.5) is 0 Å². The van der Waals surface area contributed by atoms with Crippen molar-refractivity contribution >= 4 is 27.5 Å². The molecular weight excluding hydrogens is 247 g/mol. The molecule has 1 aromatic carbocycles. The van der Waals surface area contributed by atoms with Crippen LogP contribution in [0.15, 0.2) is 24.3 Å². The fraction of sp³-hybridized carbons (Fsp3) is 0.455. The zero-order valence-corrected chi connectivity index (χ0v) is 9.68. The Hall–Kier alpha value is -0.0100. The Morgan fingerprint density at radius 3 is 2.46 bits per heavy atom. The molecule has 0 radical (unpaired) electrons. The molecule has 13 heavy (non-hydrogen) atoms. The zero-order valence-electron chi connectivity index (χ0n) is 7.34. The maximum absolute atomic E-state index is 5.82. The first-order valence-corrected chi connectivity index (χ1v) is 5.94. The van der Waals surface area contributed by atoms with Crippen LogP contribution >= 0.6 is 27.5 Å². The maximum atomic E-state index is 5.82. The molecule has 0 N–H and O–H groups in total. The monoisotopic (exact) mass is 258 g/mol. The number of benzene rings is 1. The summed E-state index contributed by atoms with van der Waals surface area (Å²) in [6.45, 7) is 0. The van der Waals surface area contributed by atoms with Crippen molar-refractivity contribution in [2.45, 2.75) is 24.1 Å². The highest BCUT2D eigenvalue weighted by molar-refractivity contribution is 9.09. The van der Waals surface area contributed by atoms with Gasteiger partial charge in [-0.3, -0.25) is 0 Å². The third-order valence-electron chi connectivity index (χ3n) is 2.47. The SMILES string of the molecule is Clc1ccc(C(Br)CC2CC2)cc1. The van der Waals surface area contributed by atoms with Gasteiger partial charge < -0.3 is 0 Å². The van der Waals surface area contributed by atoms with Crippen molar-refractivity contribution in [3.05, 3.63) is 34.9 Å². The van der Waals surface area contributed by atoms with Crippen LogP contribution < -0.4 is 0 Å². The van der Waals surface area contributed by atoms with Crippen molar-refractivity contribution in [2.24, 2.45) is 5.92 Å². The predicted molar refractivity (Wildman–Crippen MR) is 60.5 cm³/mol. The smallest absolute Gasteiger partial charge is 0.0406 e. The number of hydrogen-bond donors (Lipinski definition) is 0. The molecule has 70 valence electrons. The molecule has 0 heterocycles. The van der Waals surface area contributed by atoms with E-state index in [1.807, 2.05) is 12.1 Å². The Morgan fingerprint density at radius 1 is 1.31 bits per heavy atom. The summed E-state index contributed by atoms with van der Waals surface area (Å²) in [6.07, 6.45) is 4.09. The van der Waals surface area contributed by atoms with E-state index in [1.165, 1.54) is 24.8 Å². The van der Waals surface area contributed by atoms with Crippen molar-refractivity contribution in [3.63, 3.8) is 0 Å². The van der Waals surface area contributed by atoms with E-state index in [4.69, 9.17) is 11.6 Å². The summed E-state index contributed by atoms with van der Waals surface area (Å²) >= 11 is 9.53. The largest absolute Gasteiger partial charge is 0.0843 e. The molecule has 1 atom stereocenters. The number of halogens is 2. The normalized spacial score (nSPS) is 18.6. The molecule has 0 nitrogen and oxygen atoms in total. The van der Waals surface area contributed by atoms with Crippen LogP contribution in [0.2, 0.25) is 5.02 Å².